The summed E-state index contributed by atoms with van der Waals surface area (Å²) < 4.78 is 29.4. The van der Waals surface area contributed by atoms with Crippen LogP contribution in [0.1, 0.15) is 20.3 Å². The lowest BCUT2D eigenvalue weighted by Crippen LogP contribution is -2.35. The van der Waals surface area contributed by atoms with E-state index in [2.05, 4.69) is 0 Å². The molecule has 0 bridgehead atoms. The third-order valence-electron chi connectivity index (χ3n) is 2.46. The van der Waals surface area contributed by atoms with Gasteiger partial charge in [-0.1, -0.05) is 0 Å². The van der Waals surface area contributed by atoms with E-state index in [1.54, 1.807) is 0 Å². The van der Waals surface area contributed by atoms with Crippen molar-refractivity contribution in [1.82, 2.24) is 0 Å². The molecule has 0 amide bonds. The zero-order valence-corrected chi connectivity index (χ0v) is 7.96. The largest absolute Gasteiger partial charge is 0.372 e. The average molecular weight is 190 g/mol. The van der Waals surface area contributed by atoms with Crippen molar-refractivity contribution in [1.29, 1.82) is 0 Å². The third-order valence-corrected chi connectivity index (χ3v) is 2.46. The topological polar surface area (TPSA) is 27.7 Å². The van der Waals surface area contributed by atoms with Crippen LogP contribution in [0.2, 0.25) is 0 Å². The number of hydrogen-bond acceptors (Lipinski definition) is 3. The Hall–Kier alpha value is -0.190. The second-order valence-corrected chi connectivity index (χ2v) is 4.01. The Labute approximate surface area is 77.2 Å². The van der Waals surface area contributed by atoms with E-state index in [1.165, 1.54) is 0 Å². The van der Waals surface area contributed by atoms with Crippen molar-refractivity contribution < 1.29 is 18.6 Å². The lowest BCUT2D eigenvalue weighted by Gasteiger charge is -2.21. The van der Waals surface area contributed by atoms with Gasteiger partial charge in [-0.2, -0.15) is 0 Å². The molecule has 2 saturated heterocycles. The fraction of sp³-hybridized carbons (Fsp3) is 1.00. The van der Waals surface area contributed by atoms with E-state index in [4.69, 9.17) is 14.2 Å². The predicted octanol–water partition coefficient (Wildman–Crippen LogP) is 1.26. The summed E-state index contributed by atoms with van der Waals surface area (Å²) in [6.07, 6.45) is -1.10. The first-order valence-electron chi connectivity index (χ1n) is 4.66. The summed E-state index contributed by atoms with van der Waals surface area (Å²) >= 11 is 0. The molecule has 76 valence electrons. The Kier molecular flexibility index (Phi) is 2.30. The van der Waals surface area contributed by atoms with E-state index in [0.29, 0.717) is 19.6 Å². The number of rotatable bonds is 1. The van der Waals surface area contributed by atoms with Crippen molar-refractivity contribution in [3.8, 4) is 0 Å². The lowest BCUT2D eigenvalue weighted by atomic mass is 10.1. The van der Waals surface area contributed by atoms with Gasteiger partial charge in [0.25, 0.3) is 0 Å². The number of halogens is 1. The minimum Gasteiger partial charge on any atom is -0.372 e. The Balaban J connectivity index is 1.95. The van der Waals surface area contributed by atoms with Crippen molar-refractivity contribution in [2.75, 3.05) is 13.2 Å². The van der Waals surface area contributed by atoms with Crippen LogP contribution in [0.3, 0.4) is 0 Å². The summed E-state index contributed by atoms with van der Waals surface area (Å²) in [5.74, 6) is -0.587. The molecule has 0 aromatic rings. The van der Waals surface area contributed by atoms with Gasteiger partial charge in [-0.15, -0.1) is 0 Å². The van der Waals surface area contributed by atoms with Gasteiger partial charge in [-0.05, 0) is 13.8 Å². The Morgan fingerprint density at radius 2 is 2.15 bits per heavy atom. The smallest absolute Gasteiger partial charge is 0.163 e. The molecule has 3 atom stereocenters. The molecule has 0 unspecified atom stereocenters. The van der Waals surface area contributed by atoms with Crippen molar-refractivity contribution in [3.05, 3.63) is 0 Å². The molecule has 0 N–H and O–H groups in total. The Bertz CT molecular complexity index is 195. The fourth-order valence-electron chi connectivity index (χ4n) is 1.80. The van der Waals surface area contributed by atoms with Crippen LogP contribution in [0.5, 0.6) is 0 Å². The molecule has 4 heteroatoms. The van der Waals surface area contributed by atoms with Crippen LogP contribution in [0.4, 0.5) is 4.39 Å². The molecule has 0 aromatic carbocycles. The van der Waals surface area contributed by atoms with E-state index in [0.717, 1.165) is 0 Å². The molecule has 0 aromatic heterocycles. The summed E-state index contributed by atoms with van der Waals surface area (Å²) in [5.41, 5.74) is 0. The van der Waals surface area contributed by atoms with Crippen LogP contribution in [0.15, 0.2) is 0 Å². The van der Waals surface area contributed by atoms with Crippen molar-refractivity contribution in [3.63, 3.8) is 0 Å². The van der Waals surface area contributed by atoms with E-state index >= 15 is 0 Å². The molecule has 0 aliphatic carbocycles. The highest BCUT2D eigenvalue weighted by Crippen LogP contribution is 2.30. The van der Waals surface area contributed by atoms with E-state index in [9.17, 15) is 4.39 Å². The van der Waals surface area contributed by atoms with Gasteiger partial charge < -0.3 is 14.2 Å². The maximum absolute atomic E-state index is 13.2. The summed E-state index contributed by atoms with van der Waals surface area (Å²) in [6, 6.07) is 0. The molecule has 0 radical (unpaired) electrons. The molecule has 0 saturated carbocycles. The maximum Gasteiger partial charge on any atom is 0.163 e. The second-order valence-electron chi connectivity index (χ2n) is 4.01. The summed E-state index contributed by atoms with van der Waals surface area (Å²) in [4.78, 5) is 0. The van der Waals surface area contributed by atoms with Crippen LogP contribution < -0.4 is 0 Å². The van der Waals surface area contributed by atoms with Crippen molar-refractivity contribution >= 4 is 0 Å². The van der Waals surface area contributed by atoms with E-state index < -0.39 is 18.1 Å². The van der Waals surface area contributed by atoms with Gasteiger partial charge in [0.2, 0.25) is 0 Å². The van der Waals surface area contributed by atoms with Gasteiger partial charge in [0, 0.05) is 6.42 Å². The van der Waals surface area contributed by atoms with Gasteiger partial charge >= 0.3 is 0 Å². The van der Waals surface area contributed by atoms with Crippen LogP contribution in [0, 0.1) is 0 Å². The monoisotopic (exact) mass is 190 g/mol. The maximum atomic E-state index is 13.2. The highest BCUT2D eigenvalue weighted by atomic mass is 19.1. The Morgan fingerprint density at radius 3 is 2.62 bits per heavy atom. The van der Waals surface area contributed by atoms with E-state index in [1.807, 2.05) is 13.8 Å². The number of alkyl halides is 1. The SMILES string of the molecule is CC1(C)OC[C@H]([C@H]2OCC[C@H]2F)O1. The lowest BCUT2D eigenvalue weighted by molar-refractivity contribution is -0.155. The summed E-state index contributed by atoms with van der Waals surface area (Å²) in [7, 11) is 0. The first kappa shape index (κ1) is 9.37. The molecule has 2 heterocycles. The van der Waals surface area contributed by atoms with Crippen LogP contribution in [-0.4, -0.2) is 37.4 Å². The quantitative estimate of drug-likeness (QED) is 0.623. The number of hydrogen-bond donors (Lipinski definition) is 0. The summed E-state index contributed by atoms with van der Waals surface area (Å²) in [5, 5.41) is 0. The van der Waals surface area contributed by atoms with Gasteiger partial charge in [-0.3, -0.25) is 0 Å². The molecule has 2 fully saturated rings. The second kappa shape index (κ2) is 3.19. The number of ether oxygens (including phenoxy) is 3. The highest BCUT2D eigenvalue weighted by Gasteiger charge is 2.43. The molecule has 0 spiro atoms. The van der Waals surface area contributed by atoms with Gasteiger partial charge in [0.05, 0.1) is 13.2 Å². The standard InChI is InChI=1S/C9H15FO3/c1-9(2)12-5-7(13-9)8-6(10)3-4-11-8/h6-8H,3-5H2,1-2H3/t6-,7-,8+/m1/s1. The van der Waals surface area contributed by atoms with Crippen LogP contribution in [0.25, 0.3) is 0 Å². The van der Waals surface area contributed by atoms with Crippen molar-refractivity contribution in [2.24, 2.45) is 0 Å². The summed E-state index contributed by atoms with van der Waals surface area (Å²) in [6.45, 7) is 4.58. The molecular weight excluding hydrogens is 175 g/mol. The van der Waals surface area contributed by atoms with Crippen LogP contribution in [-0.2, 0) is 14.2 Å². The minimum atomic E-state index is -0.900. The van der Waals surface area contributed by atoms with Gasteiger partial charge in [0.15, 0.2) is 5.79 Å². The van der Waals surface area contributed by atoms with Crippen molar-refractivity contribution in [2.45, 2.75) is 44.4 Å². The molecule has 2 rings (SSSR count). The normalized spacial score (nSPS) is 44.1. The fourth-order valence-corrected chi connectivity index (χ4v) is 1.80. The highest BCUT2D eigenvalue weighted by molar-refractivity contribution is 4.87. The molecule has 3 nitrogen and oxygen atoms in total. The molecule has 13 heavy (non-hydrogen) atoms. The molecule has 2 aliphatic heterocycles. The molecular formula is C9H15FO3. The Morgan fingerprint density at radius 1 is 1.38 bits per heavy atom. The first-order valence-corrected chi connectivity index (χ1v) is 4.66. The average Bonchev–Trinajstić information content (AvgIpc) is 2.56. The first-order chi connectivity index (χ1) is 6.08. The molecule has 2 aliphatic rings. The van der Waals surface area contributed by atoms with Gasteiger partial charge in [-0.25, -0.2) is 4.39 Å². The minimum absolute atomic E-state index is 0.243. The third kappa shape index (κ3) is 1.85. The van der Waals surface area contributed by atoms with E-state index in [-0.39, 0.29) is 6.10 Å². The zero-order valence-electron chi connectivity index (χ0n) is 7.96. The van der Waals surface area contributed by atoms with Crippen LogP contribution >= 0.6 is 0 Å². The zero-order chi connectivity index (χ0) is 9.47. The predicted molar refractivity (Wildman–Crippen MR) is 44.2 cm³/mol. The van der Waals surface area contributed by atoms with Gasteiger partial charge in [0.1, 0.15) is 18.4 Å².